The minimum absolute atomic E-state index is 0.243. The summed E-state index contributed by atoms with van der Waals surface area (Å²) in [6.45, 7) is 24.1. The zero-order valence-corrected chi connectivity index (χ0v) is 23.6. The largest absolute Gasteiger partial charge is 0.373 e. The first-order chi connectivity index (χ1) is 14.6. The average molecular weight is 439 g/mol. The molecular formula is C30H62O. The minimum Gasteiger partial charge on any atom is -0.373 e. The van der Waals surface area contributed by atoms with Crippen molar-refractivity contribution in [1.29, 1.82) is 0 Å². The van der Waals surface area contributed by atoms with Crippen molar-refractivity contribution in [1.82, 2.24) is 0 Å². The fraction of sp³-hybridized carbons (Fsp3) is 1.00. The zero-order valence-electron chi connectivity index (χ0n) is 23.6. The summed E-state index contributed by atoms with van der Waals surface area (Å²) in [5, 5.41) is 0. The maximum absolute atomic E-state index is 7.47. The predicted molar refractivity (Wildman–Crippen MR) is 142 cm³/mol. The molecule has 0 spiro atoms. The van der Waals surface area contributed by atoms with E-state index in [-0.39, 0.29) is 10.8 Å². The molecule has 0 amide bonds. The molecule has 0 bridgehead atoms. The van der Waals surface area contributed by atoms with E-state index >= 15 is 0 Å². The molecule has 0 N–H and O–H groups in total. The van der Waals surface area contributed by atoms with Crippen molar-refractivity contribution in [3.05, 3.63) is 0 Å². The summed E-state index contributed by atoms with van der Waals surface area (Å²) in [5.41, 5.74) is 0.485. The molecular weight excluding hydrogens is 376 g/mol. The van der Waals surface area contributed by atoms with E-state index in [9.17, 15) is 0 Å². The van der Waals surface area contributed by atoms with Crippen LogP contribution in [0.3, 0.4) is 0 Å². The van der Waals surface area contributed by atoms with Gasteiger partial charge in [0, 0.05) is 0 Å². The summed E-state index contributed by atoms with van der Waals surface area (Å²) in [6.07, 6.45) is 18.9. The molecule has 0 aromatic heterocycles. The Kier molecular flexibility index (Phi) is 16.5. The Balaban J connectivity index is 6.05. The molecule has 0 saturated heterocycles. The quantitative estimate of drug-likeness (QED) is 0.183. The maximum Gasteiger partial charge on any atom is 0.0658 e. The second-order valence-corrected chi connectivity index (χ2v) is 11.8. The van der Waals surface area contributed by atoms with Crippen molar-refractivity contribution < 1.29 is 4.74 Å². The molecule has 4 unspecified atom stereocenters. The number of hydrogen-bond donors (Lipinski definition) is 0. The second-order valence-electron chi connectivity index (χ2n) is 11.8. The molecule has 188 valence electrons. The van der Waals surface area contributed by atoms with Crippen molar-refractivity contribution in [2.75, 3.05) is 0 Å². The normalized spacial score (nSPS) is 16.8. The summed E-state index contributed by atoms with van der Waals surface area (Å²) in [7, 11) is 0. The van der Waals surface area contributed by atoms with Gasteiger partial charge in [-0.15, -0.1) is 0 Å². The molecule has 1 heteroatoms. The molecule has 0 aliphatic heterocycles. The predicted octanol–water partition coefficient (Wildman–Crippen LogP) is 10.6. The van der Waals surface area contributed by atoms with Crippen LogP contribution in [0.2, 0.25) is 0 Å². The fourth-order valence-corrected chi connectivity index (χ4v) is 5.65. The van der Waals surface area contributed by atoms with Gasteiger partial charge in [-0.2, -0.15) is 0 Å². The Hall–Kier alpha value is -0.0400. The van der Waals surface area contributed by atoms with Gasteiger partial charge < -0.3 is 4.74 Å². The number of hydrogen-bond acceptors (Lipinski definition) is 1. The van der Waals surface area contributed by atoms with E-state index in [2.05, 4.69) is 69.2 Å². The monoisotopic (exact) mass is 438 g/mol. The highest BCUT2D eigenvalue weighted by molar-refractivity contribution is 4.91. The van der Waals surface area contributed by atoms with Crippen molar-refractivity contribution in [2.45, 2.75) is 171 Å². The lowest BCUT2D eigenvalue weighted by Gasteiger charge is -2.47. The molecule has 0 radical (unpaired) electrons. The Bertz CT molecular complexity index is 373. The smallest absolute Gasteiger partial charge is 0.0658 e. The molecule has 0 fully saturated rings. The topological polar surface area (TPSA) is 9.23 Å². The lowest BCUT2D eigenvalue weighted by Crippen LogP contribution is -2.47. The van der Waals surface area contributed by atoms with E-state index in [0.717, 1.165) is 0 Å². The van der Waals surface area contributed by atoms with Gasteiger partial charge >= 0.3 is 0 Å². The van der Waals surface area contributed by atoms with Crippen LogP contribution in [0.5, 0.6) is 0 Å². The summed E-state index contributed by atoms with van der Waals surface area (Å²) >= 11 is 0. The lowest BCUT2D eigenvalue weighted by atomic mass is 9.71. The SMILES string of the molecule is CCCCC(CC)C(OC(C(CC)CCCC)C(C)(C)CCCC)C(C)(C)CCCC. The van der Waals surface area contributed by atoms with E-state index in [1.807, 2.05) is 0 Å². The van der Waals surface area contributed by atoms with Gasteiger partial charge in [0.15, 0.2) is 0 Å². The van der Waals surface area contributed by atoms with Crippen LogP contribution in [0.25, 0.3) is 0 Å². The van der Waals surface area contributed by atoms with Gasteiger partial charge in [-0.3, -0.25) is 0 Å². The van der Waals surface area contributed by atoms with Crippen LogP contribution < -0.4 is 0 Å². The number of unbranched alkanes of at least 4 members (excludes halogenated alkanes) is 4. The Morgan fingerprint density at radius 3 is 1.10 bits per heavy atom. The Morgan fingerprint density at radius 2 is 0.839 bits per heavy atom. The van der Waals surface area contributed by atoms with E-state index in [4.69, 9.17) is 4.74 Å². The van der Waals surface area contributed by atoms with E-state index in [0.29, 0.717) is 24.0 Å². The Labute approximate surface area is 198 Å². The second kappa shape index (κ2) is 16.6. The van der Waals surface area contributed by atoms with Crippen molar-refractivity contribution >= 4 is 0 Å². The van der Waals surface area contributed by atoms with Gasteiger partial charge in [-0.05, 0) is 48.3 Å². The molecule has 0 aromatic rings. The molecule has 0 rings (SSSR count). The minimum atomic E-state index is 0.243. The summed E-state index contributed by atoms with van der Waals surface area (Å²) in [4.78, 5) is 0. The van der Waals surface area contributed by atoms with Crippen LogP contribution in [0.15, 0.2) is 0 Å². The van der Waals surface area contributed by atoms with Gasteiger partial charge in [-0.25, -0.2) is 0 Å². The van der Waals surface area contributed by atoms with Crippen LogP contribution in [0.4, 0.5) is 0 Å². The molecule has 0 aliphatic carbocycles. The standard InChI is InChI=1S/C30H62O/c1-11-17-21-25(15-5)27(29(7,8)23-19-13-3)31-28(26(16-6)22-18-12-2)30(9,10)24-20-14-4/h25-28H,11-24H2,1-10H3. The highest BCUT2D eigenvalue weighted by Crippen LogP contribution is 2.44. The van der Waals surface area contributed by atoms with Crippen LogP contribution in [-0.2, 0) is 4.74 Å². The lowest BCUT2D eigenvalue weighted by molar-refractivity contribution is -0.165. The first-order valence-electron chi connectivity index (χ1n) is 14.3. The molecule has 0 saturated carbocycles. The highest BCUT2D eigenvalue weighted by atomic mass is 16.5. The van der Waals surface area contributed by atoms with Gasteiger partial charge in [0.2, 0.25) is 0 Å². The number of ether oxygens (including phenoxy) is 1. The maximum atomic E-state index is 7.47. The van der Waals surface area contributed by atoms with Crippen molar-refractivity contribution in [3.63, 3.8) is 0 Å². The van der Waals surface area contributed by atoms with Gasteiger partial charge in [0.1, 0.15) is 0 Å². The number of rotatable bonds is 20. The summed E-state index contributed by atoms with van der Waals surface area (Å²) < 4.78 is 7.47. The van der Waals surface area contributed by atoms with Gasteiger partial charge in [0.25, 0.3) is 0 Å². The average Bonchev–Trinajstić information content (AvgIpc) is 2.74. The molecule has 31 heavy (non-hydrogen) atoms. The first-order valence-corrected chi connectivity index (χ1v) is 14.3. The summed E-state index contributed by atoms with van der Waals surface area (Å²) in [6, 6.07) is 0. The Morgan fingerprint density at radius 1 is 0.516 bits per heavy atom. The third kappa shape index (κ3) is 11.1. The first kappa shape index (κ1) is 31.0. The molecule has 0 heterocycles. The molecule has 1 nitrogen and oxygen atoms in total. The van der Waals surface area contributed by atoms with E-state index in [1.54, 1.807) is 0 Å². The van der Waals surface area contributed by atoms with Crippen LogP contribution in [0.1, 0.15) is 159 Å². The zero-order chi connectivity index (χ0) is 23.9. The third-order valence-electron chi connectivity index (χ3n) is 7.94. The van der Waals surface area contributed by atoms with Gasteiger partial charge in [-0.1, -0.05) is 133 Å². The van der Waals surface area contributed by atoms with Crippen LogP contribution >= 0.6 is 0 Å². The molecule has 4 atom stereocenters. The van der Waals surface area contributed by atoms with Crippen molar-refractivity contribution in [2.24, 2.45) is 22.7 Å². The van der Waals surface area contributed by atoms with Gasteiger partial charge in [0.05, 0.1) is 12.2 Å². The van der Waals surface area contributed by atoms with Crippen LogP contribution in [-0.4, -0.2) is 12.2 Å². The fourth-order valence-electron chi connectivity index (χ4n) is 5.65. The highest BCUT2D eigenvalue weighted by Gasteiger charge is 2.42. The molecule has 0 aromatic carbocycles. The summed E-state index contributed by atoms with van der Waals surface area (Å²) in [5.74, 6) is 1.36. The molecule has 0 aliphatic rings. The van der Waals surface area contributed by atoms with E-state index in [1.165, 1.54) is 89.9 Å². The van der Waals surface area contributed by atoms with Crippen LogP contribution in [0, 0.1) is 22.7 Å². The van der Waals surface area contributed by atoms with Crippen molar-refractivity contribution in [3.8, 4) is 0 Å². The van der Waals surface area contributed by atoms with E-state index < -0.39 is 0 Å². The third-order valence-corrected chi connectivity index (χ3v) is 7.94.